The van der Waals surface area contributed by atoms with E-state index in [1.165, 1.54) is 11.3 Å². The van der Waals surface area contributed by atoms with Crippen LogP contribution < -0.4 is 5.43 Å². The molecule has 0 amide bonds. The third-order valence-corrected chi connectivity index (χ3v) is 4.50. The summed E-state index contributed by atoms with van der Waals surface area (Å²) in [6.45, 7) is 1.97. The first-order valence-corrected chi connectivity index (χ1v) is 8.80. The van der Waals surface area contributed by atoms with E-state index >= 15 is 0 Å². The highest BCUT2D eigenvalue weighted by atomic mass is 35.5. The van der Waals surface area contributed by atoms with E-state index in [0.717, 1.165) is 18.3 Å². The van der Waals surface area contributed by atoms with Crippen molar-refractivity contribution >= 4 is 51.9 Å². The molecular weight excluding hydrogens is 414 g/mol. The van der Waals surface area contributed by atoms with Gasteiger partial charge in [0.1, 0.15) is 0 Å². The van der Waals surface area contributed by atoms with E-state index in [1.807, 2.05) is 0 Å². The Morgan fingerprint density at radius 1 is 1.42 bits per heavy atom. The fourth-order valence-corrected chi connectivity index (χ4v) is 3.09. The smallest absolute Gasteiger partial charge is 0.417 e. The summed E-state index contributed by atoms with van der Waals surface area (Å²) in [5.74, 6) is -0.407. The van der Waals surface area contributed by atoms with Gasteiger partial charge in [0, 0.05) is 10.9 Å². The van der Waals surface area contributed by atoms with Crippen LogP contribution in [-0.4, -0.2) is 23.8 Å². The number of benzene rings is 1. The number of ether oxygens (including phenoxy) is 1. The van der Waals surface area contributed by atoms with Crippen molar-refractivity contribution in [2.75, 3.05) is 12.0 Å². The van der Waals surface area contributed by atoms with Gasteiger partial charge in [-0.15, -0.1) is 11.3 Å². The molecule has 1 aromatic carbocycles. The zero-order valence-electron chi connectivity index (χ0n) is 13.2. The van der Waals surface area contributed by atoms with Gasteiger partial charge in [0.25, 0.3) is 0 Å². The standard InChI is InChI=1S/C15H12Cl2F3N3O2S/c1-2-25-12(24)5-8-7-26-14(22-8)23-21-6-9-11(16)4-3-10(13(9)17)15(18,19)20/h3-4,6-7H,2,5H2,1H3,(H,22,23). The molecule has 0 saturated heterocycles. The molecule has 0 spiro atoms. The molecule has 5 nitrogen and oxygen atoms in total. The van der Waals surface area contributed by atoms with E-state index in [-0.39, 0.29) is 23.6 Å². The highest BCUT2D eigenvalue weighted by Crippen LogP contribution is 2.38. The van der Waals surface area contributed by atoms with Crippen molar-refractivity contribution in [1.29, 1.82) is 0 Å². The van der Waals surface area contributed by atoms with Gasteiger partial charge in [0.2, 0.25) is 5.13 Å². The number of alkyl halides is 3. The van der Waals surface area contributed by atoms with Crippen molar-refractivity contribution in [2.24, 2.45) is 5.10 Å². The summed E-state index contributed by atoms with van der Waals surface area (Å²) >= 11 is 12.8. The summed E-state index contributed by atoms with van der Waals surface area (Å²) in [6.07, 6.45) is -3.51. The number of rotatable bonds is 6. The molecule has 11 heteroatoms. The Balaban J connectivity index is 2.10. The summed E-state index contributed by atoms with van der Waals surface area (Å²) in [4.78, 5) is 15.5. The van der Waals surface area contributed by atoms with Crippen molar-refractivity contribution in [3.05, 3.63) is 44.4 Å². The van der Waals surface area contributed by atoms with Crippen molar-refractivity contribution in [3.63, 3.8) is 0 Å². The highest BCUT2D eigenvalue weighted by molar-refractivity contribution is 7.13. The van der Waals surface area contributed by atoms with Gasteiger partial charge in [-0.2, -0.15) is 18.3 Å². The zero-order valence-corrected chi connectivity index (χ0v) is 15.6. The molecule has 2 rings (SSSR count). The Morgan fingerprint density at radius 2 is 2.15 bits per heavy atom. The average molecular weight is 426 g/mol. The van der Waals surface area contributed by atoms with Crippen LogP contribution >= 0.6 is 34.5 Å². The number of aromatic nitrogens is 1. The van der Waals surface area contributed by atoms with Crippen molar-refractivity contribution < 1.29 is 22.7 Å². The fourth-order valence-electron chi connectivity index (χ4n) is 1.86. The lowest BCUT2D eigenvalue weighted by Gasteiger charge is -2.11. The fraction of sp³-hybridized carbons (Fsp3) is 0.267. The zero-order chi connectivity index (χ0) is 19.3. The van der Waals surface area contributed by atoms with E-state index in [1.54, 1.807) is 12.3 Å². The van der Waals surface area contributed by atoms with Gasteiger partial charge in [-0.1, -0.05) is 23.2 Å². The van der Waals surface area contributed by atoms with Crippen LogP contribution in [-0.2, 0) is 22.1 Å². The van der Waals surface area contributed by atoms with Crippen molar-refractivity contribution in [1.82, 2.24) is 4.98 Å². The first-order valence-electron chi connectivity index (χ1n) is 7.16. The van der Waals surface area contributed by atoms with Gasteiger partial charge >= 0.3 is 12.1 Å². The second kappa shape index (κ2) is 8.70. The maximum absolute atomic E-state index is 12.9. The lowest BCUT2D eigenvalue weighted by atomic mass is 10.1. The van der Waals surface area contributed by atoms with Crippen LogP contribution in [0.5, 0.6) is 0 Å². The molecule has 1 N–H and O–H groups in total. The van der Waals surface area contributed by atoms with Gasteiger partial charge in [-0.25, -0.2) is 4.98 Å². The molecule has 0 aliphatic heterocycles. The van der Waals surface area contributed by atoms with E-state index < -0.39 is 22.7 Å². The molecule has 0 fully saturated rings. The van der Waals surface area contributed by atoms with E-state index in [0.29, 0.717) is 10.8 Å². The lowest BCUT2D eigenvalue weighted by Crippen LogP contribution is -2.08. The molecule has 0 bridgehead atoms. The predicted octanol–water partition coefficient (Wildman–Crippen LogP) is 5.02. The van der Waals surface area contributed by atoms with Crippen LogP contribution in [0.3, 0.4) is 0 Å². The lowest BCUT2D eigenvalue weighted by molar-refractivity contribution is -0.142. The third-order valence-electron chi connectivity index (χ3n) is 2.97. The molecular formula is C15H12Cl2F3N3O2S. The average Bonchev–Trinajstić information content (AvgIpc) is 2.96. The maximum Gasteiger partial charge on any atom is 0.417 e. The second-order valence-electron chi connectivity index (χ2n) is 4.82. The maximum atomic E-state index is 12.9. The Morgan fingerprint density at radius 3 is 2.81 bits per heavy atom. The number of nitrogens with one attached hydrogen (secondary N) is 1. The Labute approximate surface area is 160 Å². The number of hydrazone groups is 1. The molecule has 2 aromatic rings. The molecule has 0 unspecified atom stereocenters. The first kappa shape index (κ1) is 20.5. The van der Waals surface area contributed by atoms with Crippen LogP contribution in [0.15, 0.2) is 22.6 Å². The van der Waals surface area contributed by atoms with E-state index in [2.05, 4.69) is 15.5 Å². The normalized spacial score (nSPS) is 11.8. The van der Waals surface area contributed by atoms with Crippen molar-refractivity contribution in [3.8, 4) is 0 Å². The third kappa shape index (κ3) is 5.33. The van der Waals surface area contributed by atoms with Gasteiger partial charge in [-0.3, -0.25) is 10.2 Å². The minimum atomic E-state index is -4.60. The van der Waals surface area contributed by atoms with Crippen LogP contribution in [0.25, 0.3) is 0 Å². The predicted molar refractivity (Wildman–Crippen MR) is 95.1 cm³/mol. The second-order valence-corrected chi connectivity index (χ2v) is 6.46. The molecule has 0 aliphatic carbocycles. The van der Waals surface area contributed by atoms with Crippen LogP contribution in [0.4, 0.5) is 18.3 Å². The summed E-state index contributed by atoms with van der Waals surface area (Å²) in [5.41, 5.74) is 1.97. The minimum Gasteiger partial charge on any atom is -0.466 e. The quantitative estimate of drug-likeness (QED) is 0.400. The topological polar surface area (TPSA) is 63.6 Å². The van der Waals surface area contributed by atoms with Crippen molar-refractivity contribution in [2.45, 2.75) is 19.5 Å². The Hall–Kier alpha value is -1.84. The molecule has 0 aliphatic rings. The number of anilines is 1. The largest absolute Gasteiger partial charge is 0.466 e. The number of hydrogen-bond acceptors (Lipinski definition) is 6. The Bertz CT molecular complexity index is 825. The Kier molecular flexibility index (Phi) is 6.85. The number of carbonyl (C=O) groups is 1. The molecule has 140 valence electrons. The van der Waals surface area contributed by atoms with E-state index in [4.69, 9.17) is 27.9 Å². The molecule has 1 heterocycles. The number of nitrogens with zero attached hydrogens (tertiary/aromatic N) is 2. The molecule has 0 saturated carbocycles. The number of esters is 1. The molecule has 1 aromatic heterocycles. The van der Waals surface area contributed by atoms with Crippen LogP contribution in [0.2, 0.25) is 10.0 Å². The number of halogens is 5. The van der Waals surface area contributed by atoms with Gasteiger partial charge < -0.3 is 4.74 Å². The van der Waals surface area contributed by atoms with Gasteiger partial charge in [0.15, 0.2) is 0 Å². The van der Waals surface area contributed by atoms with Crippen LogP contribution in [0.1, 0.15) is 23.7 Å². The first-order chi connectivity index (χ1) is 12.2. The summed E-state index contributed by atoms with van der Waals surface area (Å²) < 4.78 is 43.4. The van der Waals surface area contributed by atoms with E-state index in [9.17, 15) is 18.0 Å². The summed E-state index contributed by atoms with van der Waals surface area (Å²) in [5, 5.41) is 5.27. The molecule has 0 radical (unpaired) electrons. The SMILES string of the molecule is CCOC(=O)Cc1csc(NN=Cc2c(Cl)ccc(C(F)(F)F)c2Cl)n1. The van der Waals surface area contributed by atoms with Gasteiger partial charge in [0.05, 0.1) is 40.5 Å². The van der Waals surface area contributed by atoms with Crippen LogP contribution in [0, 0.1) is 0 Å². The number of hydrogen-bond donors (Lipinski definition) is 1. The molecule has 26 heavy (non-hydrogen) atoms. The summed E-state index contributed by atoms with van der Waals surface area (Å²) in [7, 11) is 0. The molecule has 0 atom stereocenters. The monoisotopic (exact) mass is 425 g/mol. The summed E-state index contributed by atoms with van der Waals surface area (Å²) in [6, 6.07) is 1.90. The number of carbonyl (C=O) groups excluding carboxylic acids is 1. The minimum absolute atomic E-state index is 0.0149. The number of thiazole rings is 1. The van der Waals surface area contributed by atoms with Gasteiger partial charge in [-0.05, 0) is 19.1 Å². The highest BCUT2D eigenvalue weighted by Gasteiger charge is 2.34.